The molecule has 154 valence electrons. The standard InChI is InChI=1S/C20H19F3N2O4/c21-20(22,23)12-27-18-14(5-4-10-24-18)17(26)25-13-6-7-15-16(11-13)29-19(28-15)8-2-1-3-9-19/h4-7,10-11H,1-3,8-9,12H2,(H,25,26). The van der Waals surface area contributed by atoms with Crippen LogP contribution in [0.5, 0.6) is 17.4 Å². The van der Waals surface area contributed by atoms with Crippen LogP contribution < -0.4 is 19.5 Å². The van der Waals surface area contributed by atoms with Gasteiger partial charge < -0.3 is 19.5 Å². The number of ether oxygens (including phenoxy) is 3. The van der Waals surface area contributed by atoms with Crippen LogP contribution in [0.4, 0.5) is 18.9 Å². The van der Waals surface area contributed by atoms with Crippen LogP contribution in [-0.4, -0.2) is 29.5 Å². The summed E-state index contributed by atoms with van der Waals surface area (Å²) in [5, 5.41) is 2.64. The Bertz CT molecular complexity index is 911. The van der Waals surface area contributed by atoms with Crippen molar-refractivity contribution in [3.8, 4) is 17.4 Å². The number of hydrogen-bond acceptors (Lipinski definition) is 5. The minimum atomic E-state index is -4.53. The maximum atomic E-state index is 12.6. The Kier molecular flexibility index (Phi) is 4.97. The Morgan fingerprint density at radius 1 is 1.14 bits per heavy atom. The highest BCUT2D eigenvalue weighted by Crippen LogP contribution is 2.46. The molecule has 1 aliphatic heterocycles. The number of anilines is 1. The molecule has 2 aromatic rings. The Morgan fingerprint density at radius 2 is 1.90 bits per heavy atom. The second-order valence-corrected chi connectivity index (χ2v) is 7.05. The third-order valence-electron chi connectivity index (χ3n) is 4.80. The first-order valence-corrected chi connectivity index (χ1v) is 9.32. The average Bonchev–Trinajstić information content (AvgIpc) is 3.03. The molecule has 6 nitrogen and oxygen atoms in total. The maximum absolute atomic E-state index is 12.6. The molecule has 2 heterocycles. The first kappa shape index (κ1) is 19.4. The van der Waals surface area contributed by atoms with Gasteiger partial charge in [0.2, 0.25) is 5.88 Å². The molecule has 2 aliphatic rings. The van der Waals surface area contributed by atoms with Crippen molar-refractivity contribution in [2.45, 2.75) is 44.1 Å². The summed E-state index contributed by atoms with van der Waals surface area (Å²) < 4.78 is 53.9. The second-order valence-electron chi connectivity index (χ2n) is 7.05. The summed E-state index contributed by atoms with van der Waals surface area (Å²) in [4.78, 5) is 16.3. The van der Waals surface area contributed by atoms with Crippen molar-refractivity contribution < 1.29 is 32.2 Å². The summed E-state index contributed by atoms with van der Waals surface area (Å²) >= 11 is 0. The zero-order valence-electron chi connectivity index (χ0n) is 15.4. The van der Waals surface area contributed by atoms with E-state index in [1.54, 1.807) is 18.2 Å². The van der Waals surface area contributed by atoms with Gasteiger partial charge in [-0.15, -0.1) is 0 Å². The van der Waals surface area contributed by atoms with Crippen LogP contribution in [0.1, 0.15) is 42.5 Å². The second kappa shape index (κ2) is 7.46. The predicted molar refractivity (Wildman–Crippen MR) is 97.3 cm³/mol. The molecular weight excluding hydrogens is 389 g/mol. The highest BCUT2D eigenvalue weighted by atomic mass is 19.4. The number of carbonyl (C=O) groups is 1. The van der Waals surface area contributed by atoms with Gasteiger partial charge in [-0.3, -0.25) is 4.79 Å². The molecule has 0 unspecified atom stereocenters. The number of halogens is 3. The van der Waals surface area contributed by atoms with E-state index in [4.69, 9.17) is 9.47 Å². The van der Waals surface area contributed by atoms with E-state index in [9.17, 15) is 18.0 Å². The van der Waals surface area contributed by atoms with E-state index in [0.717, 1.165) is 32.1 Å². The molecule has 0 radical (unpaired) electrons. The van der Waals surface area contributed by atoms with Crippen molar-refractivity contribution >= 4 is 11.6 Å². The van der Waals surface area contributed by atoms with Crippen molar-refractivity contribution in [3.05, 3.63) is 42.1 Å². The number of aromatic nitrogens is 1. The Balaban J connectivity index is 1.47. The number of nitrogens with zero attached hydrogens (tertiary/aromatic N) is 1. The lowest BCUT2D eigenvalue weighted by atomic mass is 9.94. The number of benzene rings is 1. The third kappa shape index (κ3) is 4.38. The number of fused-ring (bicyclic) bond motifs is 1. The van der Waals surface area contributed by atoms with E-state index in [1.807, 2.05) is 0 Å². The zero-order valence-corrected chi connectivity index (χ0v) is 15.4. The van der Waals surface area contributed by atoms with Gasteiger partial charge in [0.15, 0.2) is 18.1 Å². The fraction of sp³-hybridized carbons (Fsp3) is 0.400. The van der Waals surface area contributed by atoms with Gasteiger partial charge >= 0.3 is 6.18 Å². The zero-order chi connectivity index (χ0) is 20.5. The molecule has 1 aromatic carbocycles. The smallest absolute Gasteiger partial charge is 0.422 e. The highest BCUT2D eigenvalue weighted by molar-refractivity contribution is 6.05. The lowest BCUT2D eigenvalue weighted by Gasteiger charge is -2.31. The number of nitrogens with one attached hydrogen (secondary N) is 1. The summed E-state index contributed by atoms with van der Waals surface area (Å²) in [7, 11) is 0. The molecule has 0 bridgehead atoms. The number of pyridine rings is 1. The fourth-order valence-electron chi connectivity index (χ4n) is 3.49. The van der Waals surface area contributed by atoms with Crippen molar-refractivity contribution in [2.24, 2.45) is 0 Å². The summed E-state index contributed by atoms with van der Waals surface area (Å²) in [6, 6.07) is 7.79. The van der Waals surface area contributed by atoms with Crippen LogP contribution in [0.3, 0.4) is 0 Å². The Hall–Kier alpha value is -2.97. The lowest BCUT2D eigenvalue weighted by Crippen LogP contribution is -2.40. The van der Waals surface area contributed by atoms with Crippen molar-refractivity contribution in [2.75, 3.05) is 11.9 Å². The molecule has 1 N–H and O–H groups in total. The number of hydrogen-bond donors (Lipinski definition) is 1. The summed E-state index contributed by atoms with van der Waals surface area (Å²) in [5.74, 6) is -0.513. The van der Waals surface area contributed by atoms with Gasteiger partial charge in [-0.25, -0.2) is 4.98 Å². The molecule has 4 rings (SSSR count). The van der Waals surface area contributed by atoms with E-state index in [-0.39, 0.29) is 11.4 Å². The predicted octanol–water partition coefficient (Wildman–Crippen LogP) is 4.71. The van der Waals surface area contributed by atoms with Gasteiger partial charge in [-0.2, -0.15) is 13.2 Å². The number of carbonyl (C=O) groups excluding carboxylic acids is 1. The number of amides is 1. The van der Waals surface area contributed by atoms with Gasteiger partial charge in [-0.1, -0.05) is 6.42 Å². The monoisotopic (exact) mass is 408 g/mol. The quantitative estimate of drug-likeness (QED) is 0.794. The van der Waals surface area contributed by atoms with Crippen molar-refractivity contribution in [1.82, 2.24) is 4.98 Å². The van der Waals surface area contributed by atoms with Crippen molar-refractivity contribution in [1.29, 1.82) is 0 Å². The van der Waals surface area contributed by atoms with Crippen molar-refractivity contribution in [3.63, 3.8) is 0 Å². The minimum Gasteiger partial charge on any atom is -0.467 e. The van der Waals surface area contributed by atoms with E-state index < -0.39 is 24.5 Å². The summed E-state index contributed by atoms with van der Waals surface area (Å²) in [5.41, 5.74) is 0.328. The van der Waals surface area contributed by atoms with E-state index in [2.05, 4.69) is 15.0 Å². The van der Waals surface area contributed by atoms with Crippen LogP contribution in [0.15, 0.2) is 36.5 Å². The molecule has 0 atom stereocenters. The van der Waals surface area contributed by atoms with E-state index >= 15 is 0 Å². The normalized spacial score (nSPS) is 17.2. The molecule has 29 heavy (non-hydrogen) atoms. The van der Waals surface area contributed by atoms with Crippen LogP contribution in [-0.2, 0) is 0 Å². The molecule has 1 aromatic heterocycles. The molecule has 1 amide bonds. The van der Waals surface area contributed by atoms with Gasteiger partial charge in [0.05, 0.1) is 0 Å². The molecule has 1 aliphatic carbocycles. The van der Waals surface area contributed by atoms with E-state index in [1.165, 1.54) is 18.3 Å². The van der Waals surface area contributed by atoms with E-state index in [0.29, 0.717) is 17.2 Å². The summed E-state index contributed by atoms with van der Waals surface area (Å²) in [6.45, 7) is -1.53. The minimum absolute atomic E-state index is 0.0989. The van der Waals surface area contributed by atoms with Crippen LogP contribution in [0.25, 0.3) is 0 Å². The maximum Gasteiger partial charge on any atom is 0.422 e. The van der Waals surface area contributed by atoms with Crippen LogP contribution in [0.2, 0.25) is 0 Å². The third-order valence-corrected chi connectivity index (χ3v) is 4.80. The lowest BCUT2D eigenvalue weighted by molar-refractivity contribution is -0.154. The Labute approximate surface area is 165 Å². The first-order chi connectivity index (χ1) is 13.8. The molecule has 0 saturated heterocycles. The highest BCUT2D eigenvalue weighted by Gasteiger charge is 2.42. The van der Waals surface area contributed by atoms with Crippen LogP contribution in [0, 0.1) is 0 Å². The Morgan fingerprint density at radius 3 is 2.66 bits per heavy atom. The molecule has 1 spiro atoms. The van der Waals surface area contributed by atoms with Gasteiger partial charge in [0.1, 0.15) is 5.56 Å². The van der Waals surface area contributed by atoms with Gasteiger partial charge in [0.25, 0.3) is 11.7 Å². The number of alkyl halides is 3. The first-order valence-electron chi connectivity index (χ1n) is 9.32. The largest absolute Gasteiger partial charge is 0.467 e. The molecule has 1 saturated carbocycles. The topological polar surface area (TPSA) is 69.7 Å². The van der Waals surface area contributed by atoms with Gasteiger partial charge in [-0.05, 0) is 37.1 Å². The van der Waals surface area contributed by atoms with Gasteiger partial charge in [0, 0.05) is 30.8 Å². The number of rotatable bonds is 4. The SMILES string of the molecule is O=C(Nc1ccc2c(c1)OC1(CCCCC1)O2)c1cccnc1OCC(F)(F)F. The average molecular weight is 408 g/mol. The fourth-order valence-corrected chi connectivity index (χ4v) is 3.49. The summed E-state index contributed by atoms with van der Waals surface area (Å²) in [6.07, 6.45) is 1.54. The molecule has 1 fully saturated rings. The van der Waals surface area contributed by atoms with Crippen LogP contribution >= 0.6 is 0 Å². The molecule has 9 heteroatoms. The molecular formula is C20H19F3N2O4.